The van der Waals surface area contributed by atoms with Gasteiger partial charge in [0.25, 0.3) is 0 Å². The highest BCUT2D eigenvalue weighted by Gasteiger charge is 2.26. The monoisotopic (exact) mass is 211 g/mol. The summed E-state index contributed by atoms with van der Waals surface area (Å²) in [6.45, 7) is -1.14. The molecule has 0 atom stereocenters. The van der Waals surface area contributed by atoms with Crippen molar-refractivity contribution in [3.8, 4) is 0 Å². The number of anilines is 1. The van der Waals surface area contributed by atoms with E-state index in [0.717, 1.165) is 6.33 Å². The molecule has 72 valence electrons. The van der Waals surface area contributed by atoms with Crippen LogP contribution in [0.2, 0.25) is 5.15 Å². The average Bonchev–Trinajstić information content (AvgIpc) is 2.00. The van der Waals surface area contributed by atoms with Gasteiger partial charge in [-0.05, 0) is 0 Å². The molecular formula is C6H5ClF3N3. The van der Waals surface area contributed by atoms with Crippen molar-refractivity contribution in [3.05, 3.63) is 17.5 Å². The van der Waals surface area contributed by atoms with Crippen molar-refractivity contribution in [2.45, 2.75) is 6.18 Å². The second-order valence-corrected chi connectivity index (χ2v) is 2.58. The van der Waals surface area contributed by atoms with Gasteiger partial charge < -0.3 is 5.32 Å². The van der Waals surface area contributed by atoms with Gasteiger partial charge in [-0.1, -0.05) is 11.6 Å². The highest BCUT2D eigenvalue weighted by Crippen LogP contribution is 2.16. The van der Waals surface area contributed by atoms with Gasteiger partial charge in [-0.3, -0.25) is 0 Å². The van der Waals surface area contributed by atoms with E-state index in [9.17, 15) is 13.2 Å². The van der Waals surface area contributed by atoms with Crippen LogP contribution in [0.25, 0.3) is 0 Å². The molecule has 0 aliphatic rings. The Morgan fingerprint density at radius 3 is 2.62 bits per heavy atom. The maximum absolute atomic E-state index is 11.7. The Kier molecular flexibility index (Phi) is 2.92. The van der Waals surface area contributed by atoms with Crippen LogP contribution in [0.15, 0.2) is 12.4 Å². The van der Waals surface area contributed by atoms with Crippen LogP contribution in [-0.4, -0.2) is 22.7 Å². The maximum Gasteiger partial charge on any atom is 0.405 e. The van der Waals surface area contributed by atoms with Crippen LogP contribution < -0.4 is 5.32 Å². The summed E-state index contributed by atoms with van der Waals surface area (Å²) >= 11 is 5.42. The minimum absolute atomic E-state index is 0.0531. The van der Waals surface area contributed by atoms with Crippen LogP contribution in [0.5, 0.6) is 0 Å². The molecule has 3 nitrogen and oxygen atoms in total. The first kappa shape index (κ1) is 10.0. The van der Waals surface area contributed by atoms with Gasteiger partial charge in [0, 0.05) is 6.07 Å². The first-order valence-corrected chi connectivity index (χ1v) is 3.63. The van der Waals surface area contributed by atoms with E-state index in [1.54, 1.807) is 0 Å². The summed E-state index contributed by atoms with van der Waals surface area (Å²) in [4.78, 5) is 7.05. The van der Waals surface area contributed by atoms with E-state index in [1.165, 1.54) is 6.07 Å². The van der Waals surface area contributed by atoms with Crippen molar-refractivity contribution in [3.63, 3.8) is 0 Å². The number of aromatic nitrogens is 2. The standard InChI is InChI=1S/C6H5ClF3N3/c7-4-1-5(13-3-12-4)11-2-6(8,9)10/h1,3H,2H2,(H,11,12,13). The van der Waals surface area contributed by atoms with E-state index in [1.807, 2.05) is 0 Å². The van der Waals surface area contributed by atoms with Crippen LogP contribution in [0, 0.1) is 0 Å². The van der Waals surface area contributed by atoms with Gasteiger partial charge in [0.1, 0.15) is 23.8 Å². The number of rotatable bonds is 2. The van der Waals surface area contributed by atoms with Crippen molar-refractivity contribution >= 4 is 17.4 Å². The number of hydrogen-bond donors (Lipinski definition) is 1. The van der Waals surface area contributed by atoms with Crippen LogP contribution >= 0.6 is 11.6 Å². The van der Waals surface area contributed by atoms with E-state index in [4.69, 9.17) is 11.6 Å². The zero-order valence-electron chi connectivity index (χ0n) is 6.27. The predicted octanol–water partition coefficient (Wildman–Crippen LogP) is 2.10. The Bertz CT molecular complexity index is 289. The summed E-state index contributed by atoms with van der Waals surface area (Å²) in [5.41, 5.74) is 0. The van der Waals surface area contributed by atoms with Gasteiger partial charge in [-0.25, -0.2) is 9.97 Å². The lowest BCUT2D eigenvalue weighted by Gasteiger charge is -2.07. The Labute approximate surface area is 77.0 Å². The van der Waals surface area contributed by atoms with Gasteiger partial charge in [-0.2, -0.15) is 13.2 Å². The SMILES string of the molecule is FC(F)(F)CNc1cc(Cl)ncn1. The fraction of sp³-hybridized carbons (Fsp3) is 0.333. The fourth-order valence-corrected chi connectivity index (χ4v) is 0.768. The van der Waals surface area contributed by atoms with Crippen molar-refractivity contribution in [2.24, 2.45) is 0 Å². The van der Waals surface area contributed by atoms with Gasteiger partial charge in [0.05, 0.1) is 0 Å². The van der Waals surface area contributed by atoms with Gasteiger partial charge >= 0.3 is 6.18 Å². The first-order valence-electron chi connectivity index (χ1n) is 3.25. The molecule has 0 saturated carbocycles. The molecule has 0 spiro atoms. The van der Waals surface area contributed by atoms with E-state index in [0.29, 0.717) is 0 Å². The molecule has 0 fully saturated rings. The zero-order valence-corrected chi connectivity index (χ0v) is 7.02. The van der Waals surface area contributed by atoms with E-state index < -0.39 is 12.7 Å². The third-order valence-corrected chi connectivity index (χ3v) is 1.31. The molecule has 1 rings (SSSR count). The average molecular weight is 212 g/mol. The molecule has 0 aliphatic carbocycles. The number of nitrogens with one attached hydrogen (secondary N) is 1. The Hall–Kier alpha value is -1.04. The molecule has 1 heterocycles. The topological polar surface area (TPSA) is 37.8 Å². The molecule has 0 unspecified atom stereocenters. The van der Waals surface area contributed by atoms with Crippen LogP contribution in [-0.2, 0) is 0 Å². The second kappa shape index (κ2) is 3.78. The summed E-state index contributed by atoms with van der Waals surface area (Å²) in [5.74, 6) is 0.0531. The van der Waals surface area contributed by atoms with Gasteiger partial charge in [0.2, 0.25) is 0 Å². The molecule has 0 saturated heterocycles. The molecule has 0 amide bonds. The first-order chi connectivity index (χ1) is 5.97. The highest BCUT2D eigenvalue weighted by atomic mass is 35.5. The molecule has 1 aromatic rings. The molecule has 1 N–H and O–H groups in total. The molecule has 1 aromatic heterocycles. The van der Waals surface area contributed by atoms with E-state index in [-0.39, 0.29) is 11.0 Å². The predicted molar refractivity (Wildman–Crippen MR) is 41.6 cm³/mol. The molecule has 0 radical (unpaired) electrons. The lowest BCUT2D eigenvalue weighted by molar-refractivity contribution is -0.115. The lowest BCUT2D eigenvalue weighted by Crippen LogP contribution is -2.21. The minimum atomic E-state index is -4.27. The zero-order chi connectivity index (χ0) is 9.90. The highest BCUT2D eigenvalue weighted by molar-refractivity contribution is 6.29. The summed E-state index contributed by atoms with van der Waals surface area (Å²) in [7, 11) is 0. The second-order valence-electron chi connectivity index (χ2n) is 2.19. The maximum atomic E-state index is 11.7. The number of alkyl halides is 3. The minimum Gasteiger partial charge on any atom is -0.361 e. The van der Waals surface area contributed by atoms with Gasteiger partial charge in [-0.15, -0.1) is 0 Å². The summed E-state index contributed by atoms with van der Waals surface area (Å²) in [6.07, 6.45) is -3.18. The quantitative estimate of drug-likeness (QED) is 0.762. The van der Waals surface area contributed by atoms with Crippen molar-refractivity contribution < 1.29 is 13.2 Å². The Morgan fingerprint density at radius 2 is 2.08 bits per heavy atom. The smallest absolute Gasteiger partial charge is 0.361 e. The van der Waals surface area contributed by atoms with Crippen LogP contribution in [0.4, 0.5) is 19.0 Å². The largest absolute Gasteiger partial charge is 0.405 e. The molecular weight excluding hydrogens is 207 g/mol. The van der Waals surface area contributed by atoms with E-state index in [2.05, 4.69) is 15.3 Å². The van der Waals surface area contributed by atoms with Crippen molar-refractivity contribution in [2.75, 3.05) is 11.9 Å². The lowest BCUT2D eigenvalue weighted by atomic mass is 10.5. The van der Waals surface area contributed by atoms with Crippen molar-refractivity contribution in [1.82, 2.24) is 9.97 Å². The Morgan fingerprint density at radius 1 is 1.38 bits per heavy atom. The fourth-order valence-electron chi connectivity index (χ4n) is 0.621. The Balaban J connectivity index is 2.55. The normalized spacial score (nSPS) is 11.4. The summed E-state index contributed by atoms with van der Waals surface area (Å²) < 4.78 is 35.1. The molecule has 0 bridgehead atoms. The molecule has 7 heteroatoms. The number of hydrogen-bond acceptors (Lipinski definition) is 3. The van der Waals surface area contributed by atoms with Crippen LogP contribution in [0.3, 0.4) is 0 Å². The number of halogens is 4. The van der Waals surface area contributed by atoms with Gasteiger partial charge in [0.15, 0.2) is 0 Å². The molecule has 0 aliphatic heterocycles. The third-order valence-electron chi connectivity index (χ3n) is 1.10. The van der Waals surface area contributed by atoms with Crippen molar-refractivity contribution in [1.29, 1.82) is 0 Å². The third kappa shape index (κ3) is 3.93. The summed E-state index contributed by atoms with van der Waals surface area (Å²) in [5, 5.41) is 2.16. The van der Waals surface area contributed by atoms with Crippen LogP contribution in [0.1, 0.15) is 0 Å². The molecule has 0 aromatic carbocycles. The van der Waals surface area contributed by atoms with E-state index >= 15 is 0 Å². The summed E-state index contributed by atoms with van der Waals surface area (Å²) in [6, 6.07) is 1.22. The molecule has 13 heavy (non-hydrogen) atoms. The number of nitrogens with zero attached hydrogens (tertiary/aromatic N) is 2.